The molecule has 0 heterocycles. The van der Waals surface area contributed by atoms with Gasteiger partial charge in [0.1, 0.15) is 6.04 Å². The first-order valence-electron chi connectivity index (χ1n) is 9.90. The summed E-state index contributed by atoms with van der Waals surface area (Å²) in [6.45, 7) is 6.83. The number of rotatable bonds is 10. The zero-order valence-corrected chi connectivity index (χ0v) is 20.7. The molecule has 0 radical (unpaired) electrons. The Kier molecular flexibility index (Phi) is 10.2. The van der Waals surface area contributed by atoms with E-state index in [1.807, 2.05) is 62.4 Å². The second kappa shape index (κ2) is 12.4. The highest BCUT2D eigenvalue weighted by Crippen LogP contribution is 2.22. The molecule has 30 heavy (non-hydrogen) atoms. The molecule has 0 bridgehead atoms. The maximum Gasteiger partial charge on any atom is 0.242 e. The van der Waals surface area contributed by atoms with E-state index in [9.17, 15) is 9.59 Å². The highest BCUT2D eigenvalue weighted by molar-refractivity contribution is 9.10. The summed E-state index contributed by atoms with van der Waals surface area (Å²) >= 11 is 11.2. The normalized spacial score (nSPS) is 11.9. The smallest absolute Gasteiger partial charge is 0.242 e. The predicted molar refractivity (Wildman–Crippen MR) is 130 cm³/mol. The molecule has 0 saturated heterocycles. The number of hydrogen-bond donors (Lipinski definition) is 1. The van der Waals surface area contributed by atoms with E-state index < -0.39 is 6.04 Å². The van der Waals surface area contributed by atoms with E-state index in [-0.39, 0.29) is 17.6 Å². The van der Waals surface area contributed by atoms with Crippen LogP contribution in [0.5, 0.6) is 0 Å². The number of nitrogens with zero attached hydrogens (tertiary/aromatic N) is 1. The second-order valence-electron chi connectivity index (χ2n) is 7.55. The molecule has 2 aromatic carbocycles. The van der Waals surface area contributed by atoms with Gasteiger partial charge < -0.3 is 10.2 Å². The van der Waals surface area contributed by atoms with Gasteiger partial charge in [0.25, 0.3) is 0 Å². The van der Waals surface area contributed by atoms with Gasteiger partial charge in [-0.3, -0.25) is 9.59 Å². The molecule has 7 heteroatoms. The van der Waals surface area contributed by atoms with Crippen LogP contribution in [0.4, 0.5) is 0 Å². The van der Waals surface area contributed by atoms with E-state index >= 15 is 0 Å². The minimum atomic E-state index is -0.559. The van der Waals surface area contributed by atoms with Crippen molar-refractivity contribution in [3.63, 3.8) is 0 Å². The van der Waals surface area contributed by atoms with Gasteiger partial charge in [-0.15, -0.1) is 11.8 Å². The molecule has 0 aliphatic heterocycles. The van der Waals surface area contributed by atoms with E-state index in [1.165, 1.54) is 11.8 Å². The Bertz CT molecular complexity index is 863. The summed E-state index contributed by atoms with van der Waals surface area (Å²) in [5.74, 6) is 1.06. The van der Waals surface area contributed by atoms with Gasteiger partial charge in [-0.05, 0) is 42.2 Å². The molecule has 0 aliphatic rings. The summed E-state index contributed by atoms with van der Waals surface area (Å²) in [6, 6.07) is 14.9. The molecule has 4 nitrogen and oxygen atoms in total. The molecule has 162 valence electrons. The molecule has 0 aromatic heterocycles. The first-order chi connectivity index (χ1) is 14.3. The van der Waals surface area contributed by atoms with Crippen molar-refractivity contribution in [2.24, 2.45) is 5.92 Å². The fourth-order valence-corrected chi connectivity index (χ4v) is 4.46. The van der Waals surface area contributed by atoms with Crippen LogP contribution >= 0.6 is 39.3 Å². The summed E-state index contributed by atoms with van der Waals surface area (Å²) < 4.78 is 0.942. The van der Waals surface area contributed by atoms with Crippen molar-refractivity contribution in [3.05, 3.63) is 69.2 Å². The Morgan fingerprint density at radius 1 is 1.13 bits per heavy atom. The van der Waals surface area contributed by atoms with Crippen LogP contribution in [0.25, 0.3) is 0 Å². The summed E-state index contributed by atoms with van der Waals surface area (Å²) in [5.41, 5.74) is 1.97. The molecule has 0 saturated carbocycles. The highest BCUT2D eigenvalue weighted by Gasteiger charge is 2.26. The molecule has 1 unspecified atom stereocenters. The average Bonchev–Trinajstić information content (AvgIpc) is 2.71. The zero-order chi connectivity index (χ0) is 22.1. The number of halogens is 2. The van der Waals surface area contributed by atoms with Crippen molar-refractivity contribution >= 4 is 51.1 Å². The van der Waals surface area contributed by atoms with Gasteiger partial charge in [0, 0.05) is 28.3 Å². The van der Waals surface area contributed by atoms with Crippen LogP contribution in [0.1, 0.15) is 31.9 Å². The van der Waals surface area contributed by atoms with Crippen LogP contribution in [-0.4, -0.2) is 35.1 Å². The topological polar surface area (TPSA) is 49.4 Å². The number of amides is 2. The Hall–Kier alpha value is -1.50. The minimum absolute atomic E-state index is 0.0702. The Morgan fingerprint density at radius 2 is 1.87 bits per heavy atom. The van der Waals surface area contributed by atoms with E-state index in [4.69, 9.17) is 11.6 Å². The highest BCUT2D eigenvalue weighted by atomic mass is 79.9. The first kappa shape index (κ1) is 24.8. The molecule has 0 aliphatic carbocycles. The Labute approximate surface area is 196 Å². The standard InChI is InChI=1S/C23H28BrClN2O2S/c1-16(2)12-26-23(29)17(3)27(13-18-7-6-9-20(24)11-18)22(28)15-30-14-19-8-4-5-10-21(19)25/h4-11,16-17H,12-15H2,1-3H3,(H,26,29). The Morgan fingerprint density at radius 3 is 2.53 bits per heavy atom. The molecule has 2 amide bonds. The van der Waals surface area contributed by atoms with Gasteiger partial charge in [0.2, 0.25) is 11.8 Å². The van der Waals surface area contributed by atoms with Crippen molar-refractivity contribution in [1.82, 2.24) is 10.2 Å². The lowest BCUT2D eigenvalue weighted by Crippen LogP contribution is -2.48. The summed E-state index contributed by atoms with van der Waals surface area (Å²) in [5, 5.41) is 3.64. The molecule has 1 N–H and O–H groups in total. The van der Waals surface area contributed by atoms with Gasteiger partial charge in [-0.2, -0.15) is 0 Å². The number of carbonyl (C=O) groups excluding carboxylic acids is 2. The molecule has 0 spiro atoms. The van der Waals surface area contributed by atoms with Gasteiger partial charge in [-0.25, -0.2) is 0 Å². The van der Waals surface area contributed by atoms with Crippen LogP contribution in [0, 0.1) is 5.92 Å². The fourth-order valence-electron chi connectivity index (χ4n) is 2.81. The largest absolute Gasteiger partial charge is 0.354 e. The lowest BCUT2D eigenvalue weighted by atomic mass is 10.1. The van der Waals surface area contributed by atoms with Gasteiger partial charge in [0.05, 0.1) is 5.75 Å². The molecule has 1 atom stereocenters. The molecule has 2 rings (SSSR count). The minimum Gasteiger partial charge on any atom is -0.354 e. The van der Waals surface area contributed by atoms with Gasteiger partial charge in [0.15, 0.2) is 0 Å². The summed E-state index contributed by atoms with van der Waals surface area (Å²) in [7, 11) is 0. The summed E-state index contributed by atoms with van der Waals surface area (Å²) in [4.78, 5) is 27.4. The summed E-state index contributed by atoms with van der Waals surface area (Å²) in [6.07, 6.45) is 0. The van der Waals surface area contributed by atoms with Crippen molar-refractivity contribution in [1.29, 1.82) is 0 Å². The van der Waals surface area contributed by atoms with Gasteiger partial charge in [-0.1, -0.05) is 71.7 Å². The number of hydrogen-bond acceptors (Lipinski definition) is 3. The maximum absolute atomic E-state index is 13.1. The van der Waals surface area contributed by atoms with Crippen LogP contribution in [0.3, 0.4) is 0 Å². The third-order valence-electron chi connectivity index (χ3n) is 4.53. The maximum atomic E-state index is 13.1. The average molecular weight is 512 g/mol. The van der Waals surface area contributed by atoms with Crippen LogP contribution in [0.15, 0.2) is 53.0 Å². The van der Waals surface area contributed by atoms with Crippen LogP contribution in [-0.2, 0) is 21.9 Å². The third-order valence-corrected chi connectivity index (χ3v) is 6.36. The molecule has 0 fully saturated rings. The number of nitrogens with one attached hydrogen (secondary N) is 1. The lowest BCUT2D eigenvalue weighted by molar-refractivity contribution is -0.138. The fraction of sp³-hybridized carbons (Fsp3) is 0.391. The monoisotopic (exact) mass is 510 g/mol. The van der Waals surface area contributed by atoms with Crippen molar-refractivity contribution < 1.29 is 9.59 Å². The van der Waals surface area contributed by atoms with Crippen molar-refractivity contribution in [2.75, 3.05) is 12.3 Å². The third kappa shape index (κ3) is 7.97. The number of benzene rings is 2. The van der Waals surface area contributed by atoms with Crippen molar-refractivity contribution in [2.45, 2.75) is 39.1 Å². The molecular formula is C23H28BrClN2O2S. The zero-order valence-electron chi connectivity index (χ0n) is 17.5. The Balaban J connectivity index is 2.07. The second-order valence-corrected chi connectivity index (χ2v) is 9.86. The van der Waals surface area contributed by atoms with Crippen LogP contribution < -0.4 is 5.32 Å². The molecule has 2 aromatic rings. The number of thioether (sulfide) groups is 1. The molecular weight excluding hydrogens is 484 g/mol. The first-order valence-corrected chi connectivity index (χ1v) is 12.2. The lowest BCUT2D eigenvalue weighted by Gasteiger charge is -2.29. The van der Waals surface area contributed by atoms with E-state index in [0.29, 0.717) is 29.8 Å². The van der Waals surface area contributed by atoms with E-state index in [2.05, 4.69) is 21.2 Å². The van der Waals surface area contributed by atoms with Crippen LogP contribution in [0.2, 0.25) is 5.02 Å². The van der Waals surface area contributed by atoms with E-state index in [1.54, 1.807) is 11.8 Å². The SMILES string of the molecule is CC(C)CNC(=O)C(C)N(Cc1cccc(Br)c1)C(=O)CSCc1ccccc1Cl. The van der Waals surface area contributed by atoms with E-state index in [0.717, 1.165) is 15.6 Å². The van der Waals surface area contributed by atoms with Gasteiger partial charge >= 0.3 is 0 Å². The quantitative estimate of drug-likeness (QED) is 0.456. The number of carbonyl (C=O) groups is 2. The van der Waals surface area contributed by atoms with Crippen molar-refractivity contribution in [3.8, 4) is 0 Å². The predicted octanol–water partition coefficient (Wildman–Crippen LogP) is 5.53.